The van der Waals surface area contributed by atoms with E-state index in [9.17, 15) is 5.11 Å². The number of nitrogens with one attached hydrogen (secondary N) is 1. The summed E-state index contributed by atoms with van der Waals surface area (Å²) in [7, 11) is 0. The lowest BCUT2D eigenvalue weighted by Crippen LogP contribution is -2.35. The van der Waals surface area contributed by atoms with Crippen LogP contribution in [0.5, 0.6) is 0 Å². The van der Waals surface area contributed by atoms with Crippen molar-refractivity contribution in [3.05, 3.63) is 0 Å². The molecule has 1 fully saturated rings. The van der Waals surface area contributed by atoms with Crippen molar-refractivity contribution in [2.75, 3.05) is 45.9 Å². The van der Waals surface area contributed by atoms with Gasteiger partial charge in [0.05, 0.1) is 12.7 Å². The van der Waals surface area contributed by atoms with Gasteiger partial charge >= 0.3 is 0 Å². The van der Waals surface area contributed by atoms with Crippen LogP contribution in [0.4, 0.5) is 0 Å². The van der Waals surface area contributed by atoms with Crippen molar-refractivity contribution in [2.24, 2.45) is 0 Å². The highest BCUT2D eigenvalue weighted by Crippen LogP contribution is 2.05. The van der Waals surface area contributed by atoms with Crippen molar-refractivity contribution in [1.29, 1.82) is 0 Å². The molecule has 0 amide bonds. The maximum atomic E-state index is 9.64. The van der Waals surface area contributed by atoms with Crippen LogP contribution in [0.25, 0.3) is 0 Å². The minimum atomic E-state index is -0.370. The molecule has 1 atom stereocenters. The molecule has 2 N–H and O–H groups in total. The summed E-state index contributed by atoms with van der Waals surface area (Å²) in [5.41, 5.74) is 0. The van der Waals surface area contributed by atoms with Gasteiger partial charge in [-0.2, -0.15) is 0 Å². The first-order chi connectivity index (χ1) is 8.33. The number of hydrogen-bond donors (Lipinski definition) is 2. The lowest BCUT2D eigenvalue weighted by molar-refractivity contribution is 0.0358. The topological polar surface area (TPSA) is 44.7 Å². The molecule has 4 heteroatoms. The summed E-state index contributed by atoms with van der Waals surface area (Å²) in [6.07, 6.45) is 4.53. The van der Waals surface area contributed by atoms with Crippen LogP contribution in [-0.4, -0.2) is 62.0 Å². The van der Waals surface area contributed by atoms with E-state index in [1.165, 1.54) is 25.9 Å². The average Bonchev–Trinajstić information content (AvgIpc) is 2.83. The van der Waals surface area contributed by atoms with Crippen LogP contribution in [0.2, 0.25) is 0 Å². The van der Waals surface area contributed by atoms with E-state index in [4.69, 9.17) is 4.74 Å². The first kappa shape index (κ1) is 14.9. The van der Waals surface area contributed by atoms with E-state index in [1.807, 2.05) is 0 Å². The Labute approximate surface area is 105 Å². The second kappa shape index (κ2) is 9.83. The third-order valence-electron chi connectivity index (χ3n) is 3.14. The molecular formula is C13H28N2O2. The number of unbranched alkanes of at least 4 members (excludes halogenated alkanes) is 1. The van der Waals surface area contributed by atoms with Crippen LogP contribution < -0.4 is 5.32 Å². The Hall–Kier alpha value is -0.160. The minimum Gasteiger partial charge on any atom is -0.389 e. The maximum absolute atomic E-state index is 9.64. The standard InChI is InChI=1S/C13H28N2O2/c1-2-3-10-17-12-13(16)11-14-6-9-15-7-4-5-8-15/h13-14,16H,2-12H2,1H3. The SMILES string of the molecule is CCCCOCC(O)CNCCN1CCCC1. The normalized spacial score (nSPS) is 18.7. The van der Waals surface area contributed by atoms with Gasteiger partial charge in [0.15, 0.2) is 0 Å². The molecule has 0 aliphatic carbocycles. The van der Waals surface area contributed by atoms with Crippen LogP contribution in [0.15, 0.2) is 0 Å². The lowest BCUT2D eigenvalue weighted by atomic mass is 10.3. The maximum Gasteiger partial charge on any atom is 0.0897 e. The Kier molecular flexibility index (Phi) is 8.61. The fraction of sp³-hybridized carbons (Fsp3) is 1.00. The van der Waals surface area contributed by atoms with Gasteiger partial charge in [-0.15, -0.1) is 0 Å². The summed E-state index contributed by atoms with van der Waals surface area (Å²) in [5, 5.41) is 12.9. The molecule has 1 saturated heterocycles. The zero-order valence-corrected chi connectivity index (χ0v) is 11.2. The van der Waals surface area contributed by atoms with E-state index in [0.29, 0.717) is 13.2 Å². The number of aliphatic hydroxyl groups is 1. The van der Waals surface area contributed by atoms with Gasteiger partial charge in [0.2, 0.25) is 0 Å². The quantitative estimate of drug-likeness (QED) is 0.559. The van der Waals surface area contributed by atoms with Crippen LogP contribution >= 0.6 is 0 Å². The Morgan fingerprint density at radius 1 is 1.35 bits per heavy atom. The number of likely N-dealkylation sites (tertiary alicyclic amines) is 1. The largest absolute Gasteiger partial charge is 0.389 e. The van der Waals surface area contributed by atoms with Gasteiger partial charge in [0, 0.05) is 26.2 Å². The van der Waals surface area contributed by atoms with Crippen LogP contribution in [-0.2, 0) is 4.74 Å². The number of hydrogen-bond acceptors (Lipinski definition) is 4. The number of nitrogens with zero attached hydrogens (tertiary/aromatic N) is 1. The van der Waals surface area contributed by atoms with Gasteiger partial charge in [-0.05, 0) is 32.4 Å². The Balaban J connectivity index is 1.84. The van der Waals surface area contributed by atoms with Crippen molar-refractivity contribution in [3.63, 3.8) is 0 Å². The van der Waals surface area contributed by atoms with Crippen LogP contribution in [0, 0.1) is 0 Å². The predicted octanol–water partition coefficient (Wildman–Crippen LogP) is 0.849. The zero-order valence-electron chi connectivity index (χ0n) is 11.2. The monoisotopic (exact) mass is 244 g/mol. The Bertz CT molecular complexity index is 173. The zero-order chi connectivity index (χ0) is 12.3. The van der Waals surface area contributed by atoms with Gasteiger partial charge in [-0.1, -0.05) is 13.3 Å². The van der Waals surface area contributed by atoms with Gasteiger partial charge in [0.25, 0.3) is 0 Å². The molecule has 0 saturated carbocycles. The molecule has 0 aromatic carbocycles. The number of ether oxygens (including phenoxy) is 1. The second-order valence-corrected chi connectivity index (χ2v) is 4.84. The molecule has 0 aromatic rings. The van der Waals surface area contributed by atoms with Gasteiger partial charge in [0.1, 0.15) is 0 Å². The Morgan fingerprint density at radius 2 is 2.12 bits per heavy atom. The average molecular weight is 244 g/mol. The van der Waals surface area contributed by atoms with E-state index in [-0.39, 0.29) is 6.10 Å². The molecule has 102 valence electrons. The molecule has 17 heavy (non-hydrogen) atoms. The van der Waals surface area contributed by atoms with Crippen molar-refractivity contribution in [2.45, 2.75) is 38.7 Å². The second-order valence-electron chi connectivity index (χ2n) is 4.84. The summed E-state index contributed by atoms with van der Waals surface area (Å²) in [6.45, 7) is 8.54. The summed E-state index contributed by atoms with van der Waals surface area (Å²) in [5.74, 6) is 0. The number of aliphatic hydroxyl groups excluding tert-OH is 1. The third-order valence-corrected chi connectivity index (χ3v) is 3.14. The van der Waals surface area contributed by atoms with Crippen molar-refractivity contribution in [1.82, 2.24) is 10.2 Å². The molecule has 0 spiro atoms. The van der Waals surface area contributed by atoms with Crippen molar-refractivity contribution in [3.8, 4) is 0 Å². The summed E-state index contributed by atoms with van der Waals surface area (Å²) in [4.78, 5) is 2.47. The Morgan fingerprint density at radius 3 is 2.82 bits per heavy atom. The van der Waals surface area contributed by atoms with Crippen molar-refractivity contribution < 1.29 is 9.84 Å². The molecule has 1 unspecified atom stereocenters. The third kappa shape index (κ3) is 7.71. The van der Waals surface area contributed by atoms with E-state index in [0.717, 1.165) is 32.5 Å². The van der Waals surface area contributed by atoms with Gasteiger partial charge in [-0.3, -0.25) is 0 Å². The first-order valence-electron chi connectivity index (χ1n) is 7.01. The summed E-state index contributed by atoms with van der Waals surface area (Å²) in [6, 6.07) is 0. The van der Waals surface area contributed by atoms with E-state index < -0.39 is 0 Å². The molecule has 1 aliphatic rings. The van der Waals surface area contributed by atoms with E-state index in [1.54, 1.807) is 0 Å². The van der Waals surface area contributed by atoms with Crippen LogP contribution in [0.1, 0.15) is 32.6 Å². The molecule has 4 nitrogen and oxygen atoms in total. The predicted molar refractivity (Wildman–Crippen MR) is 70.3 cm³/mol. The highest BCUT2D eigenvalue weighted by Gasteiger charge is 2.10. The summed E-state index contributed by atoms with van der Waals surface area (Å²) >= 11 is 0. The molecule has 1 heterocycles. The summed E-state index contributed by atoms with van der Waals surface area (Å²) < 4.78 is 5.37. The first-order valence-corrected chi connectivity index (χ1v) is 7.01. The van der Waals surface area contributed by atoms with Crippen LogP contribution in [0.3, 0.4) is 0 Å². The highest BCUT2D eigenvalue weighted by atomic mass is 16.5. The van der Waals surface area contributed by atoms with E-state index in [2.05, 4.69) is 17.1 Å². The van der Waals surface area contributed by atoms with Gasteiger partial charge < -0.3 is 20.1 Å². The molecule has 0 radical (unpaired) electrons. The molecular weight excluding hydrogens is 216 g/mol. The molecule has 1 rings (SSSR count). The highest BCUT2D eigenvalue weighted by molar-refractivity contribution is 4.67. The van der Waals surface area contributed by atoms with E-state index >= 15 is 0 Å². The minimum absolute atomic E-state index is 0.370. The fourth-order valence-corrected chi connectivity index (χ4v) is 2.04. The van der Waals surface area contributed by atoms with Crippen molar-refractivity contribution >= 4 is 0 Å². The molecule has 0 bridgehead atoms. The van der Waals surface area contributed by atoms with Gasteiger partial charge in [-0.25, -0.2) is 0 Å². The molecule has 0 aromatic heterocycles. The fourth-order valence-electron chi connectivity index (χ4n) is 2.04. The number of rotatable bonds is 10. The molecule has 1 aliphatic heterocycles. The smallest absolute Gasteiger partial charge is 0.0897 e. The lowest BCUT2D eigenvalue weighted by Gasteiger charge is -2.16.